The summed E-state index contributed by atoms with van der Waals surface area (Å²) < 4.78 is 2.41. The van der Waals surface area contributed by atoms with Crippen molar-refractivity contribution in [2.45, 2.75) is 25.8 Å². The van der Waals surface area contributed by atoms with Crippen LogP contribution < -0.4 is 0 Å². The summed E-state index contributed by atoms with van der Waals surface area (Å²) in [5, 5.41) is 18.2. The fourth-order valence-electron chi connectivity index (χ4n) is 2.25. The van der Waals surface area contributed by atoms with E-state index in [0.717, 1.165) is 12.8 Å². The minimum atomic E-state index is -0.361. The quantitative estimate of drug-likeness (QED) is 0.530. The van der Waals surface area contributed by atoms with E-state index in [9.17, 15) is 10.1 Å². The molecule has 0 aliphatic heterocycles. The predicted octanol–water partition coefficient (Wildman–Crippen LogP) is 3.16. The lowest BCUT2D eigenvalue weighted by atomic mass is 10.1. The van der Waals surface area contributed by atoms with Crippen LogP contribution in [0, 0.1) is 21.8 Å². The van der Waals surface area contributed by atoms with Crippen molar-refractivity contribution in [3.63, 3.8) is 0 Å². The molecular formula is C12H12N4O2S. The van der Waals surface area contributed by atoms with Gasteiger partial charge in [0.1, 0.15) is 0 Å². The maximum absolute atomic E-state index is 11.3. The molecule has 1 aliphatic carbocycles. The molecule has 1 aromatic heterocycles. The first-order valence-electron chi connectivity index (χ1n) is 6.01. The number of aryl methyl sites for hydroxylation is 1. The number of nitrogens with zero attached hydrogens (tertiary/aromatic N) is 3. The number of nitro groups is 1. The van der Waals surface area contributed by atoms with Gasteiger partial charge in [0, 0.05) is 11.6 Å². The number of H-pyrrole nitrogens is 1. The Labute approximate surface area is 114 Å². The Kier molecular flexibility index (Phi) is 2.70. The van der Waals surface area contributed by atoms with Gasteiger partial charge < -0.3 is 0 Å². The second-order valence-electron chi connectivity index (χ2n) is 4.68. The Morgan fingerprint density at radius 3 is 2.89 bits per heavy atom. The minimum Gasteiger partial charge on any atom is -0.297 e. The normalized spacial score (nSPS) is 14.6. The van der Waals surface area contributed by atoms with Crippen LogP contribution >= 0.6 is 12.2 Å². The molecule has 0 atom stereocenters. The standard InChI is InChI=1S/C12H12N4O2S/c1-7-3-2-4-9(10(7)16(17)18)11-13-14-12(19)15(11)8-5-6-8/h2-4,8H,5-6H2,1H3,(H,14,19). The summed E-state index contributed by atoms with van der Waals surface area (Å²) in [6.45, 7) is 1.73. The summed E-state index contributed by atoms with van der Waals surface area (Å²) in [6, 6.07) is 5.56. The SMILES string of the molecule is Cc1cccc(-c2n[nH]c(=S)n2C2CC2)c1[N+](=O)[O-]. The van der Waals surface area contributed by atoms with Crippen LogP contribution in [0.3, 0.4) is 0 Å². The summed E-state index contributed by atoms with van der Waals surface area (Å²) in [7, 11) is 0. The Bertz CT molecular complexity index is 715. The summed E-state index contributed by atoms with van der Waals surface area (Å²) in [4.78, 5) is 10.9. The van der Waals surface area contributed by atoms with Crippen LogP contribution in [0.5, 0.6) is 0 Å². The van der Waals surface area contributed by atoms with Crippen LogP contribution in [0.4, 0.5) is 5.69 Å². The van der Waals surface area contributed by atoms with Crippen molar-refractivity contribution in [2.75, 3.05) is 0 Å². The zero-order valence-corrected chi connectivity index (χ0v) is 11.1. The molecule has 7 heteroatoms. The first-order valence-corrected chi connectivity index (χ1v) is 6.41. The van der Waals surface area contributed by atoms with E-state index in [0.29, 0.717) is 27.8 Å². The second-order valence-corrected chi connectivity index (χ2v) is 5.07. The molecule has 1 aliphatic rings. The van der Waals surface area contributed by atoms with Gasteiger partial charge in [-0.25, -0.2) is 0 Å². The number of aromatic amines is 1. The summed E-state index contributed by atoms with van der Waals surface area (Å²) >= 11 is 5.21. The third kappa shape index (κ3) is 1.95. The van der Waals surface area contributed by atoms with Gasteiger partial charge in [-0.15, -0.1) is 0 Å². The smallest absolute Gasteiger partial charge is 0.283 e. The highest BCUT2D eigenvalue weighted by Gasteiger charge is 2.30. The van der Waals surface area contributed by atoms with Crippen LogP contribution in [0.2, 0.25) is 0 Å². The van der Waals surface area contributed by atoms with E-state index in [1.54, 1.807) is 25.1 Å². The lowest BCUT2D eigenvalue weighted by Gasteiger charge is -2.07. The fourth-order valence-corrected chi connectivity index (χ4v) is 2.53. The molecule has 1 aromatic carbocycles. The number of aromatic nitrogens is 3. The van der Waals surface area contributed by atoms with Gasteiger partial charge in [0.2, 0.25) is 0 Å². The zero-order valence-electron chi connectivity index (χ0n) is 10.3. The average molecular weight is 276 g/mol. The van der Waals surface area contributed by atoms with Crippen molar-refractivity contribution in [2.24, 2.45) is 0 Å². The molecule has 0 radical (unpaired) electrons. The van der Waals surface area contributed by atoms with Gasteiger partial charge in [-0.2, -0.15) is 5.10 Å². The molecule has 6 nitrogen and oxygen atoms in total. The molecule has 1 fully saturated rings. The molecule has 0 amide bonds. The molecule has 1 saturated carbocycles. The van der Waals surface area contributed by atoms with E-state index in [1.165, 1.54) is 0 Å². The fraction of sp³-hybridized carbons (Fsp3) is 0.333. The Morgan fingerprint density at radius 2 is 2.26 bits per heavy atom. The van der Waals surface area contributed by atoms with Crippen LogP contribution in [0.15, 0.2) is 18.2 Å². The molecule has 1 heterocycles. The van der Waals surface area contributed by atoms with E-state index < -0.39 is 0 Å². The maximum atomic E-state index is 11.3. The average Bonchev–Trinajstić information content (AvgIpc) is 3.12. The first kappa shape index (κ1) is 12.0. The lowest BCUT2D eigenvalue weighted by molar-refractivity contribution is -0.384. The van der Waals surface area contributed by atoms with E-state index in [2.05, 4.69) is 10.2 Å². The monoisotopic (exact) mass is 276 g/mol. The molecule has 0 bridgehead atoms. The van der Waals surface area contributed by atoms with Gasteiger partial charge in [0.05, 0.1) is 10.5 Å². The topological polar surface area (TPSA) is 76.8 Å². The number of hydrogen-bond donors (Lipinski definition) is 1. The van der Waals surface area contributed by atoms with Crippen LogP contribution in [-0.4, -0.2) is 19.7 Å². The van der Waals surface area contributed by atoms with E-state index in [-0.39, 0.29) is 10.6 Å². The molecule has 3 rings (SSSR count). The number of nitrogens with one attached hydrogen (secondary N) is 1. The molecule has 0 spiro atoms. The summed E-state index contributed by atoms with van der Waals surface area (Å²) in [6.07, 6.45) is 2.08. The molecule has 2 aromatic rings. The van der Waals surface area contributed by atoms with Crippen molar-refractivity contribution < 1.29 is 4.92 Å². The highest BCUT2D eigenvalue weighted by Crippen LogP contribution is 2.40. The highest BCUT2D eigenvalue weighted by atomic mass is 32.1. The molecule has 1 N–H and O–H groups in total. The van der Waals surface area contributed by atoms with Gasteiger partial charge in [0.25, 0.3) is 5.69 Å². The van der Waals surface area contributed by atoms with E-state index in [1.807, 2.05) is 4.57 Å². The van der Waals surface area contributed by atoms with Gasteiger partial charge in [-0.3, -0.25) is 19.8 Å². The third-order valence-electron chi connectivity index (χ3n) is 3.28. The van der Waals surface area contributed by atoms with Crippen molar-refractivity contribution >= 4 is 17.9 Å². The molecule has 19 heavy (non-hydrogen) atoms. The molecule has 0 unspecified atom stereocenters. The van der Waals surface area contributed by atoms with Crippen molar-refractivity contribution in [1.29, 1.82) is 0 Å². The zero-order chi connectivity index (χ0) is 13.6. The van der Waals surface area contributed by atoms with Gasteiger partial charge in [0.15, 0.2) is 10.6 Å². The number of benzene rings is 1. The van der Waals surface area contributed by atoms with Gasteiger partial charge in [-0.1, -0.05) is 12.1 Å². The minimum absolute atomic E-state index is 0.0957. The number of rotatable bonds is 3. The first-order chi connectivity index (χ1) is 9.09. The van der Waals surface area contributed by atoms with Crippen molar-refractivity contribution in [3.8, 4) is 11.4 Å². The lowest BCUT2D eigenvalue weighted by Crippen LogP contribution is -2.01. The Balaban J connectivity index is 2.26. The van der Waals surface area contributed by atoms with Crippen molar-refractivity contribution in [1.82, 2.24) is 14.8 Å². The largest absolute Gasteiger partial charge is 0.297 e. The number of nitro benzene ring substituents is 1. The number of para-hydroxylation sites is 1. The van der Waals surface area contributed by atoms with Crippen LogP contribution in [0.25, 0.3) is 11.4 Å². The van der Waals surface area contributed by atoms with E-state index in [4.69, 9.17) is 12.2 Å². The van der Waals surface area contributed by atoms with E-state index >= 15 is 0 Å². The molecule has 98 valence electrons. The van der Waals surface area contributed by atoms with Gasteiger partial charge >= 0.3 is 0 Å². The second kappa shape index (κ2) is 4.27. The van der Waals surface area contributed by atoms with Gasteiger partial charge in [-0.05, 0) is 38.0 Å². The van der Waals surface area contributed by atoms with Crippen LogP contribution in [0.1, 0.15) is 24.4 Å². The Hall–Kier alpha value is -2.02. The molecular weight excluding hydrogens is 264 g/mol. The Morgan fingerprint density at radius 1 is 1.53 bits per heavy atom. The number of hydrogen-bond acceptors (Lipinski definition) is 4. The summed E-state index contributed by atoms with van der Waals surface area (Å²) in [5.74, 6) is 0.558. The van der Waals surface area contributed by atoms with Crippen LogP contribution in [-0.2, 0) is 0 Å². The highest BCUT2D eigenvalue weighted by molar-refractivity contribution is 7.71. The predicted molar refractivity (Wildman–Crippen MR) is 72.5 cm³/mol. The third-order valence-corrected chi connectivity index (χ3v) is 3.57. The summed E-state index contributed by atoms with van der Waals surface area (Å²) in [5.41, 5.74) is 1.24. The van der Waals surface area contributed by atoms with Crippen molar-refractivity contribution in [3.05, 3.63) is 38.6 Å². The maximum Gasteiger partial charge on any atom is 0.283 e. The molecule has 0 saturated heterocycles.